The average Bonchev–Trinajstić information content (AvgIpc) is 2.96. The first-order chi connectivity index (χ1) is 11.6. The minimum absolute atomic E-state index is 0.0162. The molecular formula is C19H15NO4. The van der Waals surface area contributed by atoms with Gasteiger partial charge in [0.15, 0.2) is 0 Å². The summed E-state index contributed by atoms with van der Waals surface area (Å²) in [6.45, 7) is 1.81. The minimum Gasteiger partial charge on any atom is -0.497 e. The van der Waals surface area contributed by atoms with E-state index >= 15 is 0 Å². The van der Waals surface area contributed by atoms with Gasteiger partial charge in [0.1, 0.15) is 17.9 Å². The first kappa shape index (κ1) is 15.6. The van der Waals surface area contributed by atoms with Crippen LogP contribution in [0.25, 0.3) is 11.0 Å². The summed E-state index contributed by atoms with van der Waals surface area (Å²) >= 11 is 0. The average molecular weight is 321 g/mol. The third kappa shape index (κ3) is 2.82. The van der Waals surface area contributed by atoms with Gasteiger partial charge >= 0.3 is 5.97 Å². The predicted octanol–water partition coefficient (Wildman–Crippen LogP) is 3.98. The first-order valence-corrected chi connectivity index (χ1v) is 7.36. The molecule has 3 aromatic rings. The second-order valence-electron chi connectivity index (χ2n) is 5.26. The van der Waals surface area contributed by atoms with Crippen LogP contribution in [0.1, 0.15) is 27.2 Å². The molecule has 0 aliphatic carbocycles. The molecule has 24 heavy (non-hydrogen) atoms. The molecule has 0 bridgehead atoms. The molecule has 5 heteroatoms. The third-order valence-electron chi connectivity index (χ3n) is 3.83. The monoisotopic (exact) mass is 321 g/mol. The van der Waals surface area contributed by atoms with Gasteiger partial charge in [0, 0.05) is 16.5 Å². The number of nitrogens with zero attached hydrogens (tertiary/aromatic N) is 1. The number of furan rings is 1. The van der Waals surface area contributed by atoms with Gasteiger partial charge in [0.05, 0.1) is 18.7 Å². The molecule has 5 nitrogen and oxygen atoms in total. The molecule has 0 saturated carbocycles. The van der Waals surface area contributed by atoms with Crippen molar-refractivity contribution in [3.63, 3.8) is 0 Å². The molecule has 0 fully saturated rings. The van der Waals surface area contributed by atoms with Crippen LogP contribution in [-0.2, 0) is 11.3 Å². The van der Waals surface area contributed by atoms with Gasteiger partial charge in [0.25, 0.3) is 0 Å². The summed E-state index contributed by atoms with van der Waals surface area (Å²) in [6, 6.07) is 14.4. The van der Waals surface area contributed by atoms with Crippen molar-refractivity contribution in [2.45, 2.75) is 13.5 Å². The Kier molecular flexibility index (Phi) is 4.21. The SMILES string of the molecule is COc1ccc2oc(C(=O)OCc3ccccc3C#N)c(C)c2c1. The summed E-state index contributed by atoms with van der Waals surface area (Å²) < 4.78 is 16.1. The maximum Gasteiger partial charge on any atom is 0.374 e. The zero-order valence-corrected chi connectivity index (χ0v) is 13.3. The second kappa shape index (κ2) is 6.47. The Balaban J connectivity index is 1.84. The number of hydrogen-bond acceptors (Lipinski definition) is 5. The predicted molar refractivity (Wildman–Crippen MR) is 87.8 cm³/mol. The van der Waals surface area contributed by atoms with E-state index in [1.54, 1.807) is 50.4 Å². The number of ether oxygens (including phenoxy) is 2. The molecule has 0 unspecified atom stereocenters. The van der Waals surface area contributed by atoms with E-state index < -0.39 is 5.97 Å². The van der Waals surface area contributed by atoms with Crippen LogP contribution in [0, 0.1) is 18.3 Å². The zero-order chi connectivity index (χ0) is 17.1. The van der Waals surface area contributed by atoms with Crippen LogP contribution >= 0.6 is 0 Å². The molecular weight excluding hydrogens is 306 g/mol. The number of nitriles is 1. The number of aryl methyl sites for hydroxylation is 1. The van der Waals surface area contributed by atoms with E-state index in [2.05, 4.69) is 6.07 Å². The molecule has 0 saturated heterocycles. The number of rotatable bonds is 4. The number of carbonyl (C=O) groups excluding carboxylic acids is 1. The maximum atomic E-state index is 12.3. The van der Waals surface area contributed by atoms with Crippen molar-refractivity contribution in [2.24, 2.45) is 0 Å². The third-order valence-corrected chi connectivity index (χ3v) is 3.83. The molecule has 0 N–H and O–H groups in total. The topological polar surface area (TPSA) is 72.5 Å². The van der Waals surface area contributed by atoms with Crippen molar-refractivity contribution in [3.05, 3.63) is 64.9 Å². The summed E-state index contributed by atoms with van der Waals surface area (Å²) in [5, 5.41) is 9.87. The van der Waals surface area contributed by atoms with Crippen molar-refractivity contribution in [1.29, 1.82) is 5.26 Å². The standard InChI is InChI=1S/C19H15NO4/c1-12-16-9-15(22-2)7-8-17(16)24-18(12)19(21)23-11-14-6-4-3-5-13(14)10-20/h3-9H,11H2,1-2H3. The lowest BCUT2D eigenvalue weighted by Gasteiger charge is -2.05. The van der Waals surface area contributed by atoms with Gasteiger partial charge in [-0.1, -0.05) is 18.2 Å². The number of methoxy groups -OCH3 is 1. The largest absolute Gasteiger partial charge is 0.497 e. The van der Waals surface area contributed by atoms with Crippen molar-refractivity contribution >= 4 is 16.9 Å². The Bertz CT molecular complexity index is 950. The minimum atomic E-state index is -0.560. The van der Waals surface area contributed by atoms with Crippen LogP contribution in [0.3, 0.4) is 0 Å². The summed E-state index contributed by atoms with van der Waals surface area (Å²) in [4.78, 5) is 12.3. The quantitative estimate of drug-likeness (QED) is 0.680. The van der Waals surface area contributed by atoms with E-state index in [1.165, 1.54) is 0 Å². The van der Waals surface area contributed by atoms with E-state index in [4.69, 9.17) is 19.2 Å². The lowest BCUT2D eigenvalue weighted by atomic mass is 10.1. The van der Waals surface area contributed by atoms with Crippen LogP contribution in [0.15, 0.2) is 46.9 Å². The fourth-order valence-electron chi connectivity index (χ4n) is 2.49. The summed E-state index contributed by atoms with van der Waals surface area (Å²) in [5.74, 6) is 0.289. The fourth-order valence-corrected chi connectivity index (χ4v) is 2.49. The highest BCUT2D eigenvalue weighted by molar-refractivity contribution is 5.96. The van der Waals surface area contributed by atoms with Gasteiger partial charge in [-0.3, -0.25) is 0 Å². The molecule has 3 rings (SSSR count). The second-order valence-corrected chi connectivity index (χ2v) is 5.26. The van der Waals surface area contributed by atoms with E-state index in [-0.39, 0.29) is 12.4 Å². The van der Waals surface area contributed by atoms with E-state index in [1.807, 2.05) is 6.07 Å². The molecule has 0 aliphatic heterocycles. The molecule has 0 aliphatic rings. The number of carbonyl (C=O) groups is 1. The van der Waals surface area contributed by atoms with Gasteiger partial charge in [0.2, 0.25) is 5.76 Å². The van der Waals surface area contributed by atoms with Crippen LogP contribution < -0.4 is 4.74 Å². The Morgan fingerprint density at radius 1 is 1.25 bits per heavy atom. The molecule has 2 aromatic carbocycles. The van der Waals surface area contributed by atoms with E-state index in [0.717, 1.165) is 5.39 Å². The van der Waals surface area contributed by atoms with Crippen LogP contribution in [0.4, 0.5) is 0 Å². The number of fused-ring (bicyclic) bond motifs is 1. The van der Waals surface area contributed by atoms with Gasteiger partial charge in [-0.25, -0.2) is 4.79 Å². The van der Waals surface area contributed by atoms with Crippen molar-refractivity contribution in [3.8, 4) is 11.8 Å². The zero-order valence-electron chi connectivity index (χ0n) is 13.3. The molecule has 120 valence electrons. The van der Waals surface area contributed by atoms with E-state index in [0.29, 0.717) is 28.0 Å². The van der Waals surface area contributed by atoms with Crippen LogP contribution in [0.2, 0.25) is 0 Å². The number of esters is 1. The van der Waals surface area contributed by atoms with Crippen molar-refractivity contribution in [2.75, 3.05) is 7.11 Å². The molecule has 0 radical (unpaired) electrons. The van der Waals surface area contributed by atoms with Crippen molar-refractivity contribution in [1.82, 2.24) is 0 Å². The fraction of sp³-hybridized carbons (Fsp3) is 0.158. The van der Waals surface area contributed by atoms with E-state index in [9.17, 15) is 4.79 Å². The lowest BCUT2D eigenvalue weighted by Crippen LogP contribution is -2.06. The highest BCUT2D eigenvalue weighted by atomic mass is 16.5. The molecule has 0 spiro atoms. The summed E-state index contributed by atoms with van der Waals surface area (Å²) in [5.41, 5.74) is 2.43. The van der Waals surface area contributed by atoms with Crippen molar-refractivity contribution < 1.29 is 18.7 Å². The summed E-state index contributed by atoms with van der Waals surface area (Å²) in [6.07, 6.45) is 0. The normalized spacial score (nSPS) is 10.4. The maximum absolute atomic E-state index is 12.3. The highest BCUT2D eigenvalue weighted by Gasteiger charge is 2.20. The first-order valence-electron chi connectivity index (χ1n) is 7.36. The Morgan fingerprint density at radius 2 is 2.04 bits per heavy atom. The highest BCUT2D eigenvalue weighted by Crippen LogP contribution is 2.29. The van der Waals surface area contributed by atoms with Gasteiger partial charge in [-0.15, -0.1) is 0 Å². The molecule has 0 atom stereocenters. The molecule has 1 heterocycles. The Labute approximate surface area is 139 Å². The Morgan fingerprint density at radius 3 is 2.79 bits per heavy atom. The lowest BCUT2D eigenvalue weighted by molar-refractivity contribution is 0.0437. The van der Waals surface area contributed by atoms with Gasteiger partial charge < -0.3 is 13.9 Å². The Hall–Kier alpha value is -3.26. The van der Waals surface area contributed by atoms with Crippen LogP contribution in [-0.4, -0.2) is 13.1 Å². The van der Waals surface area contributed by atoms with Gasteiger partial charge in [-0.05, 0) is 31.2 Å². The molecule has 1 aromatic heterocycles. The number of benzene rings is 2. The smallest absolute Gasteiger partial charge is 0.374 e. The van der Waals surface area contributed by atoms with Gasteiger partial charge in [-0.2, -0.15) is 5.26 Å². The molecule has 0 amide bonds. The summed E-state index contributed by atoms with van der Waals surface area (Å²) in [7, 11) is 1.58. The number of hydrogen-bond donors (Lipinski definition) is 0. The van der Waals surface area contributed by atoms with Crippen LogP contribution in [0.5, 0.6) is 5.75 Å².